The van der Waals surface area contributed by atoms with E-state index in [1.165, 1.54) is 13.5 Å². The molecule has 56 valence electrons. The molecule has 9 heavy (non-hydrogen) atoms. The van der Waals surface area contributed by atoms with Crippen LogP contribution in [0.15, 0.2) is 0 Å². The van der Waals surface area contributed by atoms with Gasteiger partial charge in [0.05, 0.1) is 6.54 Å². The molecule has 0 rings (SSSR count). The first-order valence-corrected chi connectivity index (χ1v) is 3.01. The Bertz CT molecular complexity index is 66.1. The molecule has 0 fully saturated rings. The molecule has 0 saturated heterocycles. The van der Waals surface area contributed by atoms with Gasteiger partial charge in [0.2, 0.25) is 0 Å². The summed E-state index contributed by atoms with van der Waals surface area (Å²) < 4.78 is 11.0. The van der Waals surface area contributed by atoms with E-state index < -0.39 is 6.04 Å². The van der Waals surface area contributed by atoms with E-state index in [4.69, 9.17) is 0 Å². The molecule has 0 aliphatic heterocycles. The lowest BCUT2D eigenvalue weighted by Crippen LogP contribution is -2.13. The van der Waals surface area contributed by atoms with Gasteiger partial charge < -0.3 is 5.32 Å². The minimum atomic E-state index is -1.32. The van der Waals surface area contributed by atoms with Crippen molar-refractivity contribution < 1.29 is 9.18 Å². The van der Waals surface area contributed by atoms with Gasteiger partial charge in [-0.1, -0.05) is 20.3 Å². The number of likely N-dealkylation sites (N-methyl/N-ethyl adjacent to an activating group) is 1. The Balaban J connectivity index is 0. The maximum absolute atomic E-state index is 11.0. The van der Waals surface area contributed by atoms with E-state index in [1.54, 1.807) is 0 Å². The molecule has 0 aliphatic rings. The van der Waals surface area contributed by atoms with Crippen LogP contribution in [0.25, 0.3) is 0 Å². The molecule has 0 radical (unpaired) electrons. The van der Waals surface area contributed by atoms with Crippen molar-refractivity contribution in [1.29, 1.82) is 0 Å². The van der Waals surface area contributed by atoms with Crippen molar-refractivity contribution in [2.45, 2.75) is 20.3 Å². The smallest absolute Gasteiger partial charge is 0.311 e. The van der Waals surface area contributed by atoms with Crippen LogP contribution in [0, 0.1) is 0 Å². The van der Waals surface area contributed by atoms with Gasteiger partial charge in [-0.25, -0.2) is 0 Å². The summed E-state index contributed by atoms with van der Waals surface area (Å²) in [5, 5.41) is 2.34. The molecule has 0 spiro atoms. The Morgan fingerprint density at radius 3 is 1.89 bits per heavy atom. The van der Waals surface area contributed by atoms with Crippen molar-refractivity contribution in [2.24, 2.45) is 0 Å². The Morgan fingerprint density at radius 2 is 1.89 bits per heavy atom. The molecule has 0 aromatic rings. The number of hydrogen-bond donors (Lipinski definition) is 1. The molecule has 2 nitrogen and oxygen atoms in total. The van der Waals surface area contributed by atoms with E-state index in [1.807, 2.05) is 0 Å². The molecule has 3 heteroatoms. The summed E-state index contributed by atoms with van der Waals surface area (Å²) in [6.07, 6.45) is 1.25. The monoisotopic (exact) mass is 135 g/mol. The third kappa shape index (κ3) is 35.7. The van der Waals surface area contributed by atoms with Crippen molar-refractivity contribution >= 4 is 6.04 Å². The lowest BCUT2D eigenvalue weighted by atomic mass is 10.6. The summed E-state index contributed by atoms with van der Waals surface area (Å²) in [5.74, 6) is 0. The maximum Gasteiger partial charge on any atom is 0.315 e. The van der Waals surface area contributed by atoms with Crippen LogP contribution in [-0.4, -0.2) is 19.6 Å². The Kier molecular flexibility index (Phi) is 13.3. The zero-order valence-corrected chi connectivity index (χ0v) is 6.20. The molecule has 0 aromatic carbocycles. The summed E-state index contributed by atoms with van der Waals surface area (Å²) in [6, 6.07) is -1.32. The van der Waals surface area contributed by atoms with Gasteiger partial charge >= 0.3 is 6.04 Å². The number of hydrogen-bond acceptors (Lipinski definition) is 2. The summed E-state index contributed by atoms with van der Waals surface area (Å²) in [4.78, 5) is 9.31. The van der Waals surface area contributed by atoms with E-state index in [0.29, 0.717) is 0 Å². The maximum atomic E-state index is 11.0. The van der Waals surface area contributed by atoms with Gasteiger partial charge in [-0.05, 0) is 7.05 Å². The fourth-order valence-electron chi connectivity index (χ4n) is 0.139. The first-order valence-electron chi connectivity index (χ1n) is 3.01. The first-order chi connectivity index (χ1) is 4.18. The zero-order chi connectivity index (χ0) is 7.70. The summed E-state index contributed by atoms with van der Waals surface area (Å²) in [5.41, 5.74) is 0. The van der Waals surface area contributed by atoms with Crippen LogP contribution < -0.4 is 5.32 Å². The number of carbonyl (C=O) groups is 1. The van der Waals surface area contributed by atoms with Gasteiger partial charge in [0.15, 0.2) is 0 Å². The molecule has 1 N–H and O–H groups in total. The van der Waals surface area contributed by atoms with Crippen LogP contribution in [0.3, 0.4) is 0 Å². The minimum absolute atomic E-state index is 0.181. The van der Waals surface area contributed by atoms with E-state index in [9.17, 15) is 9.18 Å². The van der Waals surface area contributed by atoms with Crippen molar-refractivity contribution in [3.05, 3.63) is 0 Å². The first kappa shape index (κ1) is 11.4. The van der Waals surface area contributed by atoms with Gasteiger partial charge in [0, 0.05) is 0 Å². The Hall–Kier alpha value is -0.440. The van der Waals surface area contributed by atoms with Crippen molar-refractivity contribution in [1.82, 2.24) is 5.32 Å². The van der Waals surface area contributed by atoms with E-state index >= 15 is 0 Å². The molecule has 0 atom stereocenters. The SMILES string of the molecule is CCC.CNCC(=O)F. The fraction of sp³-hybridized carbons (Fsp3) is 0.833. The van der Waals surface area contributed by atoms with Gasteiger partial charge in [0.1, 0.15) is 0 Å². The summed E-state index contributed by atoms with van der Waals surface area (Å²) in [6.45, 7) is 4.07. The Labute approximate surface area is 55.4 Å². The average molecular weight is 135 g/mol. The van der Waals surface area contributed by atoms with Crippen LogP contribution in [0.2, 0.25) is 0 Å². The highest BCUT2D eigenvalue weighted by Crippen LogP contribution is 1.63. The van der Waals surface area contributed by atoms with E-state index in [2.05, 4.69) is 19.2 Å². The molecular formula is C6H14FNO. The van der Waals surface area contributed by atoms with Gasteiger partial charge in [-0.15, -0.1) is 0 Å². The van der Waals surface area contributed by atoms with Crippen LogP contribution in [0.1, 0.15) is 20.3 Å². The predicted octanol–water partition coefficient (Wildman–Crippen LogP) is 1.12. The number of rotatable bonds is 2. The van der Waals surface area contributed by atoms with Crippen molar-refractivity contribution in [2.75, 3.05) is 13.6 Å². The van der Waals surface area contributed by atoms with E-state index in [0.717, 1.165) is 0 Å². The average Bonchev–Trinajstić information content (AvgIpc) is 1.67. The quantitative estimate of drug-likeness (QED) is 0.575. The topological polar surface area (TPSA) is 29.1 Å². The summed E-state index contributed by atoms with van der Waals surface area (Å²) >= 11 is 0. The third-order valence-electron chi connectivity index (χ3n) is 0.316. The van der Waals surface area contributed by atoms with E-state index in [-0.39, 0.29) is 6.54 Å². The van der Waals surface area contributed by atoms with Gasteiger partial charge in [-0.3, -0.25) is 4.79 Å². The molecule has 0 heterocycles. The second kappa shape index (κ2) is 10.5. The normalized spacial score (nSPS) is 7.56. The lowest BCUT2D eigenvalue weighted by Gasteiger charge is -1.81. The fourth-order valence-corrected chi connectivity index (χ4v) is 0.139. The van der Waals surface area contributed by atoms with Gasteiger partial charge in [0.25, 0.3) is 0 Å². The van der Waals surface area contributed by atoms with Gasteiger partial charge in [-0.2, -0.15) is 4.39 Å². The van der Waals surface area contributed by atoms with Crippen LogP contribution in [-0.2, 0) is 4.79 Å². The molecule has 0 saturated carbocycles. The molecule has 0 amide bonds. The number of nitrogens with one attached hydrogen (secondary N) is 1. The molecule has 0 aromatic heterocycles. The Morgan fingerprint density at radius 1 is 1.56 bits per heavy atom. The van der Waals surface area contributed by atoms with Crippen molar-refractivity contribution in [3.8, 4) is 0 Å². The second-order valence-corrected chi connectivity index (χ2v) is 1.59. The molecular weight excluding hydrogens is 121 g/mol. The molecule has 0 unspecified atom stereocenters. The molecule has 0 bridgehead atoms. The largest absolute Gasteiger partial charge is 0.315 e. The predicted molar refractivity (Wildman–Crippen MR) is 36.0 cm³/mol. The minimum Gasteiger partial charge on any atom is -0.311 e. The van der Waals surface area contributed by atoms with Crippen molar-refractivity contribution in [3.63, 3.8) is 0 Å². The lowest BCUT2D eigenvalue weighted by molar-refractivity contribution is -0.128. The number of carbonyl (C=O) groups excluding carboxylic acids is 1. The van der Waals surface area contributed by atoms with Crippen LogP contribution >= 0.6 is 0 Å². The zero-order valence-electron chi connectivity index (χ0n) is 6.20. The second-order valence-electron chi connectivity index (χ2n) is 1.59. The highest BCUT2D eigenvalue weighted by molar-refractivity contribution is 5.69. The highest BCUT2D eigenvalue weighted by atomic mass is 19.1. The van der Waals surface area contributed by atoms with Crippen LogP contribution in [0.4, 0.5) is 4.39 Å². The number of halogens is 1. The third-order valence-corrected chi connectivity index (χ3v) is 0.316. The summed E-state index contributed by atoms with van der Waals surface area (Å²) in [7, 11) is 1.51. The van der Waals surface area contributed by atoms with Crippen LogP contribution in [0.5, 0.6) is 0 Å². The highest BCUT2D eigenvalue weighted by Gasteiger charge is 1.88. The molecule has 0 aliphatic carbocycles. The standard InChI is InChI=1S/C3H6FNO.C3H8/c1-5-2-3(4)6;1-3-2/h5H,2H2,1H3;3H2,1-2H3.